The maximum atomic E-state index is 13.2. The summed E-state index contributed by atoms with van der Waals surface area (Å²) in [4.78, 5) is 11.1. The molecule has 1 aliphatic carbocycles. The van der Waals surface area contributed by atoms with Crippen LogP contribution in [-0.4, -0.2) is 35.6 Å². The molecule has 1 spiro atoms. The first-order chi connectivity index (χ1) is 11.2. The Morgan fingerprint density at radius 1 is 1.29 bits per heavy atom. The molecule has 3 heterocycles. The second-order valence-electron chi connectivity index (χ2n) is 7.09. The summed E-state index contributed by atoms with van der Waals surface area (Å²) in [5, 5.41) is 8.89. The molecule has 3 saturated heterocycles. The highest BCUT2D eigenvalue weighted by molar-refractivity contribution is 5.06. The van der Waals surface area contributed by atoms with Gasteiger partial charge in [0.2, 0.25) is 17.8 Å². The van der Waals surface area contributed by atoms with Gasteiger partial charge >= 0.3 is 6.18 Å². The Bertz CT molecular complexity index is 508. The zero-order valence-corrected chi connectivity index (χ0v) is 13.8. The van der Waals surface area contributed by atoms with Crippen molar-refractivity contribution in [2.75, 3.05) is 6.61 Å². The summed E-state index contributed by atoms with van der Waals surface area (Å²) in [6, 6.07) is 0. The van der Waals surface area contributed by atoms with E-state index in [4.69, 9.17) is 24.4 Å². The summed E-state index contributed by atoms with van der Waals surface area (Å²) in [5.74, 6) is -2.14. The number of allylic oxidation sites excluding steroid dienone is 1. The van der Waals surface area contributed by atoms with Gasteiger partial charge in [-0.25, -0.2) is 9.78 Å². The normalized spacial score (nSPS) is 43.2. The van der Waals surface area contributed by atoms with Crippen LogP contribution >= 0.6 is 0 Å². The van der Waals surface area contributed by atoms with Gasteiger partial charge in [-0.1, -0.05) is 13.3 Å². The smallest absolute Gasteiger partial charge is 0.448 e. The number of ether oxygens (including phenoxy) is 2. The highest BCUT2D eigenvalue weighted by Crippen LogP contribution is 2.54. The minimum Gasteiger partial charge on any atom is -0.457 e. The van der Waals surface area contributed by atoms with Crippen LogP contribution in [0.2, 0.25) is 0 Å². The fourth-order valence-corrected chi connectivity index (χ4v) is 4.12. The highest BCUT2D eigenvalue weighted by atomic mass is 19.4. The van der Waals surface area contributed by atoms with Gasteiger partial charge in [0.25, 0.3) is 0 Å². The number of fused-ring (bicyclic) bond motifs is 3. The van der Waals surface area contributed by atoms with Crippen LogP contribution in [0.3, 0.4) is 0 Å². The third-order valence-corrected chi connectivity index (χ3v) is 5.37. The molecule has 3 aliphatic heterocycles. The van der Waals surface area contributed by atoms with Gasteiger partial charge < -0.3 is 14.6 Å². The molecule has 4 aliphatic rings. The first kappa shape index (κ1) is 18.0. The second-order valence-corrected chi connectivity index (χ2v) is 7.09. The molecule has 0 amide bonds. The van der Waals surface area contributed by atoms with E-state index in [-0.39, 0.29) is 11.8 Å². The molecule has 5 atom stereocenters. The predicted molar refractivity (Wildman–Crippen MR) is 76.2 cm³/mol. The van der Waals surface area contributed by atoms with Gasteiger partial charge in [0, 0.05) is 12.3 Å². The lowest BCUT2D eigenvalue weighted by atomic mass is 9.67. The maximum absolute atomic E-state index is 13.2. The Labute approximate surface area is 138 Å². The van der Waals surface area contributed by atoms with Crippen LogP contribution in [0.25, 0.3) is 0 Å². The van der Waals surface area contributed by atoms with Crippen LogP contribution in [0.5, 0.6) is 0 Å². The van der Waals surface area contributed by atoms with Gasteiger partial charge in [-0.3, -0.25) is 0 Å². The number of aliphatic hydroxyl groups excluding tert-OH is 1. The van der Waals surface area contributed by atoms with Crippen LogP contribution in [0.1, 0.15) is 46.0 Å². The molecule has 8 heteroatoms. The average molecular weight is 352 g/mol. The summed E-state index contributed by atoms with van der Waals surface area (Å²) in [5.41, 5.74) is -1.06. The van der Waals surface area contributed by atoms with Crippen molar-refractivity contribution in [2.24, 2.45) is 11.8 Å². The van der Waals surface area contributed by atoms with Crippen molar-refractivity contribution < 1.29 is 37.5 Å². The van der Waals surface area contributed by atoms with E-state index < -0.39 is 36.2 Å². The van der Waals surface area contributed by atoms with E-state index in [1.807, 2.05) is 0 Å². The topological polar surface area (TPSA) is 57.2 Å². The molecular weight excluding hydrogens is 329 g/mol. The summed E-state index contributed by atoms with van der Waals surface area (Å²) >= 11 is 0. The van der Waals surface area contributed by atoms with Crippen molar-refractivity contribution in [3.05, 3.63) is 11.8 Å². The Hall–Kier alpha value is -0.830. The largest absolute Gasteiger partial charge is 0.457 e. The molecule has 4 fully saturated rings. The summed E-state index contributed by atoms with van der Waals surface area (Å²) < 4.78 is 50.5. The standard InChI is InChI=1S/C16H23F3O5/c1-10-4-3-7-15-11(10)5-8-14(2,23-24-15)22-13(15)21-12(6-9-20)16(17,18)19/h6,10-11,13,20H,3-5,7-9H2,1-2H3/b12-6+/t10-,11?,13-,14-,15+/m1/s1. The second kappa shape index (κ2) is 6.16. The van der Waals surface area contributed by atoms with Gasteiger partial charge in [0.15, 0.2) is 5.60 Å². The van der Waals surface area contributed by atoms with E-state index in [2.05, 4.69) is 6.92 Å². The molecule has 1 unspecified atom stereocenters. The molecule has 1 saturated carbocycles. The lowest BCUT2D eigenvalue weighted by Crippen LogP contribution is -2.61. The molecule has 0 aromatic heterocycles. The molecule has 5 nitrogen and oxygen atoms in total. The molecule has 4 rings (SSSR count). The number of alkyl halides is 3. The molecular formula is C16H23F3O5. The molecule has 0 radical (unpaired) electrons. The Balaban J connectivity index is 1.94. The van der Waals surface area contributed by atoms with Gasteiger partial charge in [-0.05, 0) is 38.2 Å². The lowest BCUT2D eigenvalue weighted by molar-refractivity contribution is -0.549. The number of aliphatic hydroxyl groups is 1. The summed E-state index contributed by atoms with van der Waals surface area (Å²) in [6.45, 7) is 2.94. The molecule has 0 aromatic rings. The highest BCUT2D eigenvalue weighted by Gasteiger charge is 2.63. The average Bonchev–Trinajstić information content (AvgIpc) is 2.71. The van der Waals surface area contributed by atoms with Crippen LogP contribution in [0.4, 0.5) is 13.2 Å². The van der Waals surface area contributed by atoms with Crippen molar-refractivity contribution in [3.8, 4) is 0 Å². The zero-order valence-electron chi connectivity index (χ0n) is 13.8. The van der Waals surface area contributed by atoms with Crippen molar-refractivity contribution in [1.29, 1.82) is 0 Å². The number of rotatable bonds is 3. The van der Waals surface area contributed by atoms with Gasteiger partial charge in [-0.2, -0.15) is 13.2 Å². The van der Waals surface area contributed by atoms with E-state index in [9.17, 15) is 13.2 Å². The first-order valence-corrected chi connectivity index (χ1v) is 8.30. The number of hydrogen-bond acceptors (Lipinski definition) is 5. The Kier molecular flexibility index (Phi) is 4.61. The Morgan fingerprint density at radius 2 is 2.04 bits per heavy atom. The summed E-state index contributed by atoms with van der Waals surface area (Å²) in [6.07, 6.45) is -1.80. The minimum absolute atomic E-state index is 0.0100. The quantitative estimate of drug-likeness (QED) is 0.623. The van der Waals surface area contributed by atoms with Crippen LogP contribution in [-0.2, 0) is 19.2 Å². The minimum atomic E-state index is -4.72. The Morgan fingerprint density at radius 3 is 2.71 bits per heavy atom. The fourth-order valence-electron chi connectivity index (χ4n) is 4.12. The van der Waals surface area contributed by atoms with Crippen molar-refractivity contribution >= 4 is 0 Å². The van der Waals surface area contributed by atoms with E-state index in [1.165, 1.54) is 0 Å². The zero-order chi connectivity index (χ0) is 17.6. The lowest BCUT2D eigenvalue weighted by Gasteiger charge is -2.50. The van der Waals surface area contributed by atoms with Crippen molar-refractivity contribution in [3.63, 3.8) is 0 Å². The monoisotopic (exact) mass is 352 g/mol. The molecule has 138 valence electrons. The third-order valence-electron chi connectivity index (χ3n) is 5.37. The molecule has 0 aromatic carbocycles. The van der Waals surface area contributed by atoms with Gasteiger partial charge in [0.05, 0.1) is 6.61 Å². The van der Waals surface area contributed by atoms with E-state index in [1.54, 1.807) is 6.92 Å². The van der Waals surface area contributed by atoms with Gasteiger partial charge in [0.1, 0.15) is 0 Å². The molecule has 2 bridgehead atoms. The first-order valence-electron chi connectivity index (χ1n) is 8.30. The van der Waals surface area contributed by atoms with Crippen molar-refractivity contribution in [2.45, 2.75) is 69.8 Å². The molecule has 24 heavy (non-hydrogen) atoms. The van der Waals surface area contributed by atoms with E-state index in [0.717, 1.165) is 19.3 Å². The van der Waals surface area contributed by atoms with Crippen LogP contribution in [0, 0.1) is 11.8 Å². The number of halogens is 3. The predicted octanol–water partition coefficient (Wildman–Crippen LogP) is 3.43. The van der Waals surface area contributed by atoms with Gasteiger partial charge in [-0.15, -0.1) is 0 Å². The van der Waals surface area contributed by atoms with Crippen LogP contribution in [0.15, 0.2) is 11.8 Å². The molecule has 1 N–H and O–H groups in total. The number of hydrogen-bond donors (Lipinski definition) is 1. The van der Waals surface area contributed by atoms with Crippen LogP contribution < -0.4 is 0 Å². The maximum Gasteiger partial charge on any atom is 0.448 e. The van der Waals surface area contributed by atoms with E-state index >= 15 is 0 Å². The van der Waals surface area contributed by atoms with Crippen molar-refractivity contribution in [1.82, 2.24) is 0 Å². The summed E-state index contributed by atoms with van der Waals surface area (Å²) in [7, 11) is 0. The SMILES string of the molecule is C[C@@H]1CCC[C@]23OO[C@](C)(CCC12)O[C@H]3O/C(=C/CO)C(F)(F)F. The fraction of sp³-hybridized carbons (Fsp3) is 0.875. The van der Waals surface area contributed by atoms with E-state index in [0.29, 0.717) is 18.9 Å². The third kappa shape index (κ3) is 3.05.